The number of nitrogens with one attached hydrogen (secondary N) is 2. The first-order valence-corrected chi connectivity index (χ1v) is 6.97. The maximum Gasteiger partial charge on any atom is 0.227 e. The molecule has 0 bridgehead atoms. The van der Waals surface area contributed by atoms with Crippen LogP contribution in [0.2, 0.25) is 5.02 Å². The number of amides is 2. The van der Waals surface area contributed by atoms with Crippen molar-refractivity contribution < 1.29 is 9.59 Å². The van der Waals surface area contributed by atoms with Crippen LogP contribution in [0.15, 0.2) is 18.2 Å². The molecule has 1 aromatic rings. The third-order valence-corrected chi connectivity index (χ3v) is 3.63. The first kappa shape index (κ1) is 14.8. The van der Waals surface area contributed by atoms with Crippen LogP contribution in [0.4, 0.5) is 11.4 Å². The van der Waals surface area contributed by atoms with Gasteiger partial charge in [-0.25, -0.2) is 0 Å². The summed E-state index contributed by atoms with van der Waals surface area (Å²) in [4.78, 5) is 23.3. The van der Waals surface area contributed by atoms with Crippen LogP contribution in [-0.2, 0) is 9.59 Å². The average molecular weight is 296 g/mol. The van der Waals surface area contributed by atoms with Crippen LogP contribution >= 0.6 is 11.6 Å². The molecular weight excluding hydrogens is 278 g/mol. The second-order valence-corrected chi connectivity index (χ2v) is 5.57. The van der Waals surface area contributed by atoms with Crippen LogP contribution in [0, 0.1) is 5.92 Å². The molecule has 108 valence electrons. The molecule has 0 aliphatic heterocycles. The van der Waals surface area contributed by atoms with Gasteiger partial charge in [-0.1, -0.05) is 11.6 Å². The molecule has 2 amide bonds. The van der Waals surface area contributed by atoms with Crippen molar-refractivity contribution >= 4 is 34.8 Å². The summed E-state index contributed by atoms with van der Waals surface area (Å²) in [6, 6.07) is 5.05. The summed E-state index contributed by atoms with van der Waals surface area (Å²) >= 11 is 5.94. The number of benzene rings is 1. The van der Waals surface area contributed by atoms with Crippen molar-refractivity contribution in [3.05, 3.63) is 23.2 Å². The van der Waals surface area contributed by atoms with E-state index in [4.69, 9.17) is 17.3 Å². The summed E-state index contributed by atoms with van der Waals surface area (Å²) in [7, 11) is 0. The highest BCUT2D eigenvalue weighted by Gasteiger charge is 2.28. The molecule has 6 heteroatoms. The fraction of sp³-hybridized carbons (Fsp3) is 0.429. The topological polar surface area (TPSA) is 84.2 Å². The molecule has 0 saturated heterocycles. The van der Waals surface area contributed by atoms with E-state index in [1.165, 1.54) is 6.92 Å². The highest BCUT2D eigenvalue weighted by atomic mass is 35.5. The monoisotopic (exact) mass is 295 g/mol. The van der Waals surface area contributed by atoms with Crippen molar-refractivity contribution in [2.45, 2.75) is 32.2 Å². The summed E-state index contributed by atoms with van der Waals surface area (Å²) in [5, 5.41) is 5.99. The Morgan fingerprint density at radius 3 is 2.60 bits per heavy atom. The summed E-state index contributed by atoms with van der Waals surface area (Å²) in [6.45, 7) is 1.41. The van der Waals surface area contributed by atoms with Gasteiger partial charge in [-0.05, 0) is 37.5 Å². The minimum absolute atomic E-state index is 0.0749. The van der Waals surface area contributed by atoms with E-state index in [0.717, 1.165) is 12.8 Å². The molecule has 4 N–H and O–H groups in total. The van der Waals surface area contributed by atoms with E-state index in [2.05, 4.69) is 10.6 Å². The van der Waals surface area contributed by atoms with Crippen LogP contribution in [0.1, 0.15) is 26.2 Å². The largest absolute Gasteiger partial charge is 0.328 e. The molecule has 1 aliphatic rings. The number of rotatable bonds is 3. The van der Waals surface area contributed by atoms with Gasteiger partial charge in [-0.3, -0.25) is 9.59 Å². The molecule has 2 rings (SSSR count). The minimum Gasteiger partial charge on any atom is -0.328 e. The molecule has 1 aliphatic carbocycles. The first-order chi connectivity index (χ1) is 9.45. The lowest BCUT2D eigenvalue weighted by Crippen LogP contribution is -2.24. The Morgan fingerprint density at radius 1 is 1.25 bits per heavy atom. The standard InChI is InChI=1S/C14H18ClN3O2/c1-8(19)17-12-5-3-10(15)7-13(12)18-14(20)9-2-4-11(16)6-9/h3,5,7,9,11H,2,4,6,16H2,1H3,(H,17,19)(H,18,20). The lowest BCUT2D eigenvalue weighted by Gasteiger charge is -2.14. The molecule has 0 radical (unpaired) electrons. The minimum atomic E-state index is -0.203. The normalized spacial score (nSPS) is 21.6. The fourth-order valence-corrected chi connectivity index (χ4v) is 2.58. The Bertz CT molecular complexity index is 533. The fourth-order valence-electron chi connectivity index (χ4n) is 2.41. The predicted octanol–water partition coefficient (Wildman–Crippen LogP) is 2.36. The van der Waals surface area contributed by atoms with E-state index in [1.54, 1.807) is 18.2 Å². The van der Waals surface area contributed by atoms with Crippen molar-refractivity contribution in [1.82, 2.24) is 0 Å². The molecule has 1 fully saturated rings. The van der Waals surface area contributed by atoms with E-state index < -0.39 is 0 Å². The number of halogens is 1. The van der Waals surface area contributed by atoms with Gasteiger partial charge in [-0.15, -0.1) is 0 Å². The van der Waals surface area contributed by atoms with Crippen LogP contribution in [0.5, 0.6) is 0 Å². The number of nitrogens with two attached hydrogens (primary N) is 1. The Morgan fingerprint density at radius 2 is 2.00 bits per heavy atom. The van der Waals surface area contributed by atoms with Gasteiger partial charge in [0.25, 0.3) is 0 Å². The van der Waals surface area contributed by atoms with Gasteiger partial charge in [0, 0.05) is 23.9 Å². The first-order valence-electron chi connectivity index (χ1n) is 6.59. The van der Waals surface area contributed by atoms with Gasteiger partial charge >= 0.3 is 0 Å². The average Bonchev–Trinajstić information content (AvgIpc) is 2.79. The van der Waals surface area contributed by atoms with Crippen LogP contribution in [-0.4, -0.2) is 17.9 Å². The highest BCUT2D eigenvalue weighted by molar-refractivity contribution is 6.31. The zero-order chi connectivity index (χ0) is 14.7. The highest BCUT2D eigenvalue weighted by Crippen LogP contribution is 2.29. The quantitative estimate of drug-likeness (QED) is 0.800. The van der Waals surface area contributed by atoms with Crippen molar-refractivity contribution in [2.24, 2.45) is 11.7 Å². The van der Waals surface area contributed by atoms with Gasteiger partial charge in [-0.2, -0.15) is 0 Å². The number of hydrogen-bond donors (Lipinski definition) is 3. The summed E-state index contributed by atoms with van der Waals surface area (Å²) in [5.41, 5.74) is 6.87. The number of hydrogen-bond acceptors (Lipinski definition) is 3. The van der Waals surface area contributed by atoms with Crippen molar-refractivity contribution in [3.8, 4) is 0 Å². The molecule has 2 atom stereocenters. The SMILES string of the molecule is CC(=O)Nc1ccc(Cl)cc1NC(=O)C1CCC(N)C1. The Hall–Kier alpha value is -1.59. The van der Waals surface area contributed by atoms with E-state index in [-0.39, 0.29) is 23.8 Å². The number of anilines is 2. The Labute approximate surface area is 122 Å². The molecule has 20 heavy (non-hydrogen) atoms. The van der Waals surface area contributed by atoms with Gasteiger partial charge < -0.3 is 16.4 Å². The number of carbonyl (C=O) groups is 2. The van der Waals surface area contributed by atoms with E-state index >= 15 is 0 Å². The second kappa shape index (κ2) is 6.24. The molecular formula is C14H18ClN3O2. The van der Waals surface area contributed by atoms with Crippen molar-refractivity contribution in [1.29, 1.82) is 0 Å². The molecule has 1 aromatic carbocycles. The van der Waals surface area contributed by atoms with Crippen LogP contribution < -0.4 is 16.4 Å². The lowest BCUT2D eigenvalue weighted by molar-refractivity contribution is -0.119. The molecule has 5 nitrogen and oxygen atoms in total. The zero-order valence-electron chi connectivity index (χ0n) is 11.3. The van der Waals surface area contributed by atoms with Gasteiger partial charge in [0.05, 0.1) is 11.4 Å². The summed E-state index contributed by atoms with van der Waals surface area (Å²) < 4.78 is 0. The molecule has 2 unspecified atom stereocenters. The third-order valence-electron chi connectivity index (χ3n) is 3.39. The summed E-state index contributed by atoms with van der Waals surface area (Å²) in [5.74, 6) is -0.355. The van der Waals surface area contributed by atoms with Gasteiger partial charge in [0.15, 0.2) is 0 Å². The molecule has 0 spiro atoms. The smallest absolute Gasteiger partial charge is 0.227 e. The molecule has 0 aromatic heterocycles. The van der Waals surface area contributed by atoms with Crippen LogP contribution in [0.25, 0.3) is 0 Å². The molecule has 1 saturated carbocycles. The molecule has 0 heterocycles. The summed E-state index contributed by atoms with van der Waals surface area (Å²) in [6.07, 6.45) is 2.36. The maximum atomic E-state index is 12.2. The van der Waals surface area contributed by atoms with Gasteiger partial charge in [0.1, 0.15) is 0 Å². The van der Waals surface area contributed by atoms with Crippen molar-refractivity contribution in [2.75, 3.05) is 10.6 Å². The van der Waals surface area contributed by atoms with E-state index in [0.29, 0.717) is 22.8 Å². The number of carbonyl (C=O) groups excluding carboxylic acids is 2. The maximum absolute atomic E-state index is 12.2. The van der Waals surface area contributed by atoms with Crippen LogP contribution in [0.3, 0.4) is 0 Å². The second-order valence-electron chi connectivity index (χ2n) is 5.13. The van der Waals surface area contributed by atoms with E-state index in [9.17, 15) is 9.59 Å². The van der Waals surface area contributed by atoms with E-state index in [1.807, 2.05) is 0 Å². The Kier molecular flexibility index (Phi) is 4.62. The zero-order valence-corrected chi connectivity index (χ0v) is 12.0. The predicted molar refractivity (Wildman–Crippen MR) is 79.7 cm³/mol. The third kappa shape index (κ3) is 3.71. The van der Waals surface area contributed by atoms with Crippen molar-refractivity contribution in [3.63, 3.8) is 0 Å². The lowest BCUT2D eigenvalue weighted by atomic mass is 10.1. The van der Waals surface area contributed by atoms with Gasteiger partial charge in [0.2, 0.25) is 11.8 Å². The Balaban J connectivity index is 2.13.